The molecule has 5 heteroatoms. The maximum atomic E-state index is 11.3. The molecule has 1 aliphatic heterocycles. The van der Waals surface area contributed by atoms with E-state index in [2.05, 4.69) is 5.10 Å². The monoisotopic (exact) mass is 194 g/mol. The second kappa shape index (κ2) is 3.09. The van der Waals surface area contributed by atoms with E-state index in [4.69, 9.17) is 5.73 Å². The second-order valence-electron chi connectivity index (χ2n) is 3.72. The van der Waals surface area contributed by atoms with Gasteiger partial charge in [-0.05, 0) is 12.5 Å². The minimum atomic E-state index is -0.288. The van der Waals surface area contributed by atoms with Crippen molar-refractivity contribution >= 4 is 5.91 Å². The minimum Gasteiger partial charge on any atom is -0.333 e. The van der Waals surface area contributed by atoms with Crippen molar-refractivity contribution in [2.75, 3.05) is 6.54 Å². The molecule has 1 aliphatic rings. The summed E-state index contributed by atoms with van der Waals surface area (Å²) in [5.74, 6) is 0.0330. The molecule has 1 aromatic heterocycles. The first-order valence-electron chi connectivity index (χ1n) is 4.61. The molecule has 5 nitrogen and oxygen atoms in total. The molecule has 0 saturated carbocycles. The molecule has 1 atom stereocenters. The molecule has 1 saturated heterocycles. The zero-order chi connectivity index (χ0) is 10.3. The highest BCUT2D eigenvalue weighted by molar-refractivity contribution is 5.87. The Hall–Kier alpha value is -1.36. The molecule has 0 spiro atoms. The van der Waals surface area contributed by atoms with Crippen molar-refractivity contribution in [3.63, 3.8) is 0 Å². The lowest BCUT2D eigenvalue weighted by molar-refractivity contribution is -0.143. The van der Waals surface area contributed by atoms with Crippen LogP contribution >= 0.6 is 0 Å². The van der Waals surface area contributed by atoms with E-state index in [-0.39, 0.29) is 11.9 Å². The molecule has 1 unspecified atom stereocenters. The van der Waals surface area contributed by atoms with Gasteiger partial charge in [0.1, 0.15) is 6.04 Å². The van der Waals surface area contributed by atoms with Gasteiger partial charge in [-0.3, -0.25) is 9.48 Å². The average molecular weight is 194 g/mol. The molecule has 2 heterocycles. The first kappa shape index (κ1) is 9.21. The topological polar surface area (TPSA) is 64.2 Å². The summed E-state index contributed by atoms with van der Waals surface area (Å²) in [5.41, 5.74) is 7.69. The lowest BCUT2D eigenvalue weighted by Crippen LogP contribution is -2.60. The number of nitrogens with two attached hydrogens (primary N) is 1. The van der Waals surface area contributed by atoms with Crippen LogP contribution in [-0.2, 0) is 18.4 Å². The highest BCUT2D eigenvalue weighted by Gasteiger charge is 2.33. The standard InChI is InChI=1S/C9H14N4O/c1-6-3-11-12(2)8(6)5-13-4-7(10)9(13)14/h3,7H,4-5,10H2,1-2H3. The third-order valence-electron chi connectivity index (χ3n) is 2.66. The predicted molar refractivity (Wildman–Crippen MR) is 51.3 cm³/mol. The Balaban J connectivity index is 2.09. The van der Waals surface area contributed by atoms with Gasteiger partial charge in [0.25, 0.3) is 0 Å². The number of hydrogen-bond acceptors (Lipinski definition) is 3. The van der Waals surface area contributed by atoms with E-state index in [1.807, 2.05) is 14.0 Å². The summed E-state index contributed by atoms with van der Waals surface area (Å²) < 4.78 is 1.80. The van der Waals surface area contributed by atoms with E-state index < -0.39 is 0 Å². The Morgan fingerprint density at radius 1 is 1.71 bits per heavy atom. The quantitative estimate of drug-likeness (QED) is 0.639. The van der Waals surface area contributed by atoms with Crippen molar-refractivity contribution in [2.24, 2.45) is 12.8 Å². The smallest absolute Gasteiger partial charge is 0.241 e. The zero-order valence-corrected chi connectivity index (χ0v) is 8.40. The summed E-state index contributed by atoms with van der Waals surface area (Å²) in [6, 6.07) is -0.288. The van der Waals surface area contributed by atoms with Gasteiger partial charge in [-0.15, -0.1) is 0 Å². The lowest BCUT2D eigenvalue weighted by Gasteiger charge is -2.36. The van der Waals surface area contributed by atoms with Gasteiger partial charge in [0.15, 0.2) is 0 Å². The molecular weight excluding hydrogens is 180 g/mol. The number of carbonyl (C=O) groups excluding carboxylic acids is 1. The van der Waals surface area contributed by atoms with Gasteiger partial charge in [0.05, 0.1) is 18.4 Å². The van der Waals surface area contributed by atoms with Gasteiger partial charge >= 0.3 is 0 Å². The maximum absolute atomic E-state index is 11.3. The van der Waals surface area contributed by atoms with Crippen LogP contribution in [0.4, 0.5) is 0 Å². The highest BCUT2D eigenvalue weighted by Crippen LogP contribution is 2.15. The Bertz CT molecular complexity index is 351. The van der Waals surface area contributed by atoms with Gasteiger partial charge in [-0.1, -0.05) is 0 Å². The van der Waals surface area contributed by atoms with Crippen LogP contribution in [0.5, 0.6) is 0 Å². The molecule has 0 aromatic carbocycles. The maximum Gasteiger partial charge on any atom is 0.241 e. The molecule has 2 rings (SSSR count). The van der Waals surface area contributed by atoms with Crippen LogP contribution in [0.25, 0.3) is 0 Å². The molecule has 0 bridgehead atoms. The van der Waals surface area contributed by atoms with Crippen LogP contribution < -0.4 is 5.73 Å². The molecule has 1 amide bonds. The van der Waals surface area contributed by atoms with Gasteiger partial charge in [-0.2, -0.15) is 5.10 Å². The van der Waals surface area contributed by atoms with Crippen molar-refractivity contribution < 1.29 is 4.79 Å². The highest BCUT2D eigenvalue weighted by atomic mass is 16.2. The Morgan fingerprint density at radius 3 is 2.86 bits per heavy atom. The number of likely N-dealkylation sites (tertiary alicyclic amines) is 1. The SMILES string of the molecule is Cc1cnn(C)c1CN1CC(N)C1=O. The lowest BCUT2D eigenvalue weighted by atomic mass is 10.1. The normalized spacial score (nSPS) is 21.2. The Kier molecular flexibility index (Phi) is 2.03. The first-order valence-corrected chi connectivity index (χ1v) is 4.61. The largest absolute Gasteiger partial charge is 0.333 e. The molecule has 0 aliphatic carbocycles. The molecule has 1 aromatic rings. The van der Waals surface area contributed by atoms with E-state index in [9.17, 15) is 4.79 Å². The van der Waals surface area contributed by atoms with Gasteiger partial charge < -0.3 is 10.6 Å². The first-order chi connectivity index (χ1) is 6.59. The van der Waals surface area contributed by atoms with Gasteiger partial charge in [-0.25, -0.2) is 0 Å². The molecule has 0 radical (unpaired) electrons. The summed E-state index contributed by atoms with van der Waals surface area (Å²) in [7, 11) is 1.88. The molecule has 1 fully saturated rings. The summed E-state index contributed by atoms with van der Waals surface area (Å²) >= 11 is 0. The number of β-lactam (4-membered cyclic amide) rings is 1. The van der Waals surface area contributed by atoms with E-state index in [1.165, 1.54) is 0 Å². The van der Waals surface area contributed by atoms with Crippen molar-refractivity contribution in [1.82, 2.24) is 14.7 Å². The second-order valence-corrected chi connectivity index (χ2v) is 3.72. The number of rotatable bonds is 2. The number of hydrogen-bond donors (Lipinski definition) is 1. The van der Waals surface area contributed by atoms with Crippen LogP contribution in [0, 0.1) is 6.92 Å². The molecule has 14 heavy (non-hydrogen) atoms. The summed E-state index contributed by atoms with van der Waals surface area (Å²) in [6.07, 6.45) is 1.81. The fourth-order valence-electron chi connectivity index (χ4n) is 1.65. The van der Waals surface area contributed by atoms with Gasteiger partial charge in [0, 0.05) is 13.6 Å². The van der Waals surface area contributed by atoms with Crippen molar-refractivity contribution in [3.8, 4) is 0 Å². The van der Waals surface area contributed by atoms with Crippen molar-refractivity contribution in [3.05, 3.63) is 17.5 Å². The zero-order valence-electron chi connectivity index (χ0n) is 8.40. The van der Waals surface area contributed by atoms with Crippen LogP contribution in [0.1, 0.15) is 11.3 Å². The summed E-state index contributed by atoms with van der Waals surface area (Å²) in [5, 5.41) is 4.12. The summed E-state index contributed by atoms with van der Waals surface area (Å²) in [6.45, 7) is 3.27. The van der Waals surface area contributed by atoms with Crippen LogP contribution in [0.15, 0.2) is 6.20 Å². The Labute approximate surface area is 82.5 Å². The third-order valence-corrected chi connectivity index (χ3v) is 2.66. The fourth-order valence-corrected chi connectivity index (χ4v) is 1.65. The van der Waals surface area contributed by atoms with Crippen LogP contribution in [0.3, 0.4) is 0 Å². The molecule has 76 valence electrons. The Morgan fingerprint density at radius 2 is 2.43 bits per heavy atom. The predicted octanol–water partition coefficient (Wildman–Crippen LogP) is -0.602. The van der Waals surface area contributed by atoms with Crippen LogP contribution in [0.2, 0.25) is 0 Å². The number of carbonyl (C=O) groups is 1. The fraction of sp³-hybridized carbons (Fsp3) is 0.556. The van der Waals surface area contributed by atoms with Crippen molar-refractivity contribution in [2.45, 2.75) is 19.5 Å². The molecular formula is C9H14N4O. The number of nitrogens with zero attached hydrogens (tertiary/aromatic N) is 3. The van der Waals surface area contributed by atoms with E-state index in [0.717, 1.165) is 11.3 Å². The van der Waals surface area contributed by atoms with Gasteiger partial charge in [0.2, 0.25) is 5.91 Å². The minimum absolute atomic E-state index is 0.0330. The third kappa shape index (κ3) is 1.29. The van der Waals surface area contributed by atoms with E-state index in [0.29, 0.717) is 13.1 Å². The average Bonchev–Trinajstić information content (AvgIpc) is 2.48. The van der Waals surface area contributed by atoms with Crippen molar-refractivity contribution in [1.29, 1.82) is 0 Å². The molecule has 2 N–H and O–H groups in total. The summed E-state index contributed by atoms with van der Waals surface area (Å²) in [4.78, 5) is 13.0. The number of amides is 1. The number of aromatic nitrogens is 2. The van der Waals surface area contributed by atoms with Crippen LogP contribution in [-0.4, -0.2) is 33.2 Å². The number of aryl methyl sites for hydroxylation is 2. The van der Waals surface area contributed by atoms with E-state index in [1.54, 1.807) is 15.8 Å². The van der Waals surface area contributed by atoms with E-state index >= 15 is 0 Å².